The molecule has 2 N–H and O–H groups in total. The summed E-state index contributed by atoms with van der Waals surface area (Å²) >= 11 is 0. The van der Waals surface area contributed by atoms with Crippen molar-refractivity contribution in [1.29, 1.82) is 0 Å². The molecule has 3 nitrogen and oxygen atoms in total. The molecule has 0 spiro atoms. The fourth-order valence-electron chi connectivity index (χ4n) is 1.70. The van der Waals surface area contributed by atoms with E-state index in [1.54, 1.807) is 20.8 Å². The van der Waals surface area contributed by atoms with Crippen LogP contribution < -0.4 is 5.73 Å². The van der Waals surface area contributed by atoms with Gasteiger partial charge < -0.3 is 15.2 Å². The van der Waals surface area contributed by atoms with Crippen molar-refractivity contribution in [2.24, 2.45) is 5.73 Å². The highest BCUT2D eigenvalue weighted by Crippen LogP contribution is 2.25. The first kappa shape index (κ1) is 15.0. The summed E-state index contributed by atoms with van der Waals surface area (Å²) in [6, 6.07) is 1.57. The lowest BCUT2D eigenvalue weighted by Gasteiger charge is -2.24. The molecular formula is C13H19F2NO2. The van der Waals surface area contributed by atoms with E-state index in [1.165, 1.54) is 12.1 Å². The Morgan fingerprint density at radius 3 is 2.22 bits per heavy atom. The third-order valence-corrected chi connectivity index (χ3v) is 2.61. The molecule has 0 saturated carbocycles. The SMILES string of the molecule is CCOC(OCC)C(N)c1c(F)ccc(C)c1F. The van der Waals surface area contributed by atoms with Crippen LogP contribution in [0.3, 0.4) is 0 Å². The summed E-state index contributed by atoms with van der Waals surface area (Å²) in [5, 5.41) is 0. The fraction of sp³-hybridized carbons (Fsp3) is 0.538. The topological polar surface area (TPSA) is 44.5 Å². The highest BCUT2D eigenvalue weighted by molar-refractivity contribution is 5.29. The Labute approximate surface area is 106 Å². The van der Waals surface area contributed by atoms with E-state index >= 15 is 0 Å². The van der Waals surface area contributed by atoms with Gasteiger partial charge in [-0.15, -0.1) is 0 Å². The van der Waals surface area contributed by atoms with Crippen molar-refractivity contribution in [3.05, 3.63) is 34.9 Å². The van der Waals surface area contributed by atoms with E-state index in [9.17, 15) is 8.78 Å². The van der Waals surface area contributed by atoms with Gasteiger partial charge in [0.15, 0.2) is 6.29 Å². The van der Waals surface area contributed by atoms with Crippen LogP contribution in [0, 0.1) is 18.6 Å². The summed E-state index contributed by atoms with van der Waals surface area (Å²) in [6.07, 6.45) is -0.856. The van der Waals surface area contributed by atoms with E-state index in [4.69, 9.17) is 15.2 Å². The van der Waals surface area contributed by atoms with Crippen LogP contribution in [0.1, 0.15) is 31.0 Å². The largest absolute Gasteiger partial charge is 0.351 e. The van der Waals surface area contributed by atoms with Crippen LogP contribution in [0.25, 0.3) is 0 Å². The Hall–Kier alpha value is -1.04. The first-order valence-corrected chi connectivity index (χ1v) is 5.96. The summed E-state index contributed by atoms with van der Waals surface area (Å²) in [5.74, 6) is -1.33. The molecule has 0 aromatic heterocycles. The van der Waals surface area contributed by atoms with Crippen molar-refractivity contribution in [3.8, 4) is 0 Å². The van der Waals surface area contributed by atoms with Gasteiger partial charge in [0.1, 0.15) is 11.6 Å². The van der Waals surface area contributed by atoms with Crippen LogP contribution in [0.2, 0.25) is 0 Å². The molecule has 0 aliphatic rings. The molecule has 0 radical (unpaired) electrons. The summed E-state index contributed by atoms with van der Waals surface area (Å²) in [4.78, 5) is 0. The maximum Gasteiger partial charge on any atom is 0.176 e. The number of halogens is 2. The Balaban J connectivity index is 3.07. The van der Waals surface area contributed by atoms with Crippen molar-refractivity contribution in [3.63, 3.8) is 0 Å². The summed E-state index contributed by atoms with van der Waals surface area (Å²) in [7, 11) is 0. The van der Waals surface area contributed by atoms with Crippen molar-refractivity contribution < 1.29 is 18.3 Å². The molecule has 0 aliphatic carbocycles. The summed E-state index contributed by atoms with van der Waals surface area (Å²) in [5.41, 5.74) is 6.00. The number of hydrogen-bond donors (Lipinski definition) is 1. The number of nitrogens with two attached hydrogens (primary N) is 1. The van der Waals surface area contributed by atoms with Gasteiger partial charge in [0.25, 0.3) is 0 Å². The summed E-state index contributed by atoms with van der Waals surface area (Å²) in [6.45, 7) is 5.80. The molecule has 1 atom stereocenters. The molecule has 0 amide bonds. The van der Waals surface area contributed by atoms with Crippen molar-refractivity contribution >= 4 is 0 Å². The second-order valence-electron chi connectivity index (χ2n) is 3.90. The van der Waals surface area contributed by atoms with E-state index in [1.807, 2.05) is 0 Å². The van der Waals surface area contributed by atoms with E-state index in [2.05, 4.69) is 0 Å². The molecule has 0 fully saturated rings. The third-order valence-electron chi connectivity index (χ3n) is 2.61. The normalized spacial score (nSPS) is 13.1. The van der Waals surface area contributed by atoms with Crippen LogP contribution in [-0.4, -0.2) is 19.5 Å². The van der Waals surface area contributed by atoms with E-state index in [0.29, 0.717) is 18.8 Å². The third kappa shape index (κ3) is 3.25. The van der Waals surface area contributed by atoms with Crippen molar-refractivity contribution in [1.82, 2.24) is 0 Å². The van der Waals surface area contributed by atoms with Crippen LogP contribution in [0.15, 0.2) is 12.1 Å². The number of hydrogen-bond acceptors (Lipinski definition) is 3. The highest BCUT2D eigenvalue weighted by atomic mass is 19.1. The molecule has 1 aromatic carbocycles. The first-order chi connectivity index (χ1) is 8.52. The molecule has 0 heterocycles. The minimum atomic E-state index is -0.996. The van der Waals surface area contributed by atoms with Gasteiger partial charge >= 0.3 is 0 Å². The van der Waals surface area contributed by atoms with Gasteiger partial charge in [-0.2, -0.15) is 0 Å². The van der Waals surface area contributed by atoms with Crippen molar-refractivity contribution in [2.75, 3.05) is 13.2 Å². The Morgan fingerprint density at radius 2 is 1.72 bits per heavy atom. The molecule has 18 heavy (non-hydrogen) atoms. The van der Waals surface area contributed by atoms with Crippen molar-refractivity contribution in [2.45, 2.75) is 33.1 Å². The van der Waals surface area contributed by atoms with Gasteiger partial charge in [-0.1, -0.05) is 6.07 Å². The fourth-order valence-corrected chi connectivity index (χ4v) is 1.70. The van der Waals surface area contributed by atoms with E-state index in [0.717, 1.165) is 0 Å². The monoisotopic (exact) mass is 259 g/mol. The second-order valence-corrected chi connectivity index (χ2v) is 3.90. The molecule has 0 bridgehead atoms. The Bertz CT molecular complexity index is 393. The molecule has 0 aliphatic heterocycles. The lowest BCUT2D eigenvalue weighted by molar-refractivity contribution is -0.150. The van der Waals surface area contributed by atoms with Gasteiger partial charge in [0.05, 0.1) is 6.04 Å². The number of ether oxygens (including phenoxy) is 2. The smallest absolute Gasteiger partial charge is 0.176 e. The Morgan fingerprint density at radius 1 is 1.17 bits per heavy atom. The maximum absolute atomic E-state index is 13.9. The molecular weight excluding hydrogens is 240 g/mol. The van der Waals surface area contributed by atoms with Gasteiger partial charge in [-0.25, -0.2) is 8.78 Å². The van der Waals surface area contributed by atoms with Crippen LogP contribution >= 0.6 is 0 Å². The maximum atomic E-state index is 13.9. The molecule has 102 valence electrons. The average molecular weight is 259 g/mol. The van der Waals surface area contributed by atoms with Crippen LogP contribution in [0.4, 0.5) is 8.78 Å². The minimum Gasteiger partial charge on any atom is -0.351 e. The number of aryl methyl sites for hydroxylation is 1. The first-order valence-electron chi connectivity index (χ1n) is 5.96. The zero-order chi connectivity index (χ0) is 13.7. The molecule has 1 rings (SSSR count). The molecule has 1 aromatic rings. The second kappa shape index (κ2) is 6.78. The van der Waals surface area contributed by atoms with Gasteiger partial charge in [0.2, 0.25) is 0 Å². The van der Waals surface area contributed by atoms with Gasteiger partial charge in [-0.3, -0.25) is 0 Å². The zero-order valence-electron chi connectivity index (χ0n) is 10.9. The van der Waals surface area contributed by atoms with Crippen LogP contribution in [-0.2, 0) is 9.47 Å². The predicted octanol–water partition coefficient (Wildman–Crippen LogP) is 2.67. The molecule has 1 unspecified atom stereocenters. The number of rotatable bonds is 6. The van der Waals surface area contributed by atoms with Crippen LogP contribution in [0.5, 0.6) is 0 Å². The van der Waals surface area contributed by atoms with E-state index < -0.39 is 24.0 Å². The quantitative estimate of drug-likeness (QED) is 0.799. The zero-order valence-corrected chi connectivity index (χ0v) is 10.9. The van der Waals surface area contributed by atoms with Gasteiger partial charge in [0, 0.05) is 18.8 Å². The van der Waals surface area contributed by atoms with Gasteiger partial charge in [-0.05, 0) is 32.4 Å². The molecule has 5 heteroatoms. The molecule has 0 saturated heterocycles. The summed E-state index contributed by atoms with van der Waals surface area (Å²) < 4.78 is 38.1. The number of benzene rings is 1. The lowest BCUT2D eigenvalue weighted by Crippen LogP contribution is -2.33. The standard InChI is InChI=1S/C13H19F2NO2/c1-4-17-13(18-5-2)12(16)10-9(14)7-6-8(3)11(10)15/h6-7,12-13H,4-5,16H2,1-3H3. The van der Waals surface area contributed by atoms with E-state index in [-0.39, 0.29) is 5.56 Å². The average Bonchev–Trinajstić information content (AvgIpc) is 2.34. The highest BCUT2D eigenvalue weighted by Gasteiger charge is 2.26. The predicted molar refractivity (Wildman–Crippen MR) is 65.1 cm³/mol. The minimum absolute atomic E-state index is 0.193. The lowest BCUT2D eigenvalue weighted by atomic mass is 10.0. The Kier molecular flexibility index (Phi) is 5.65.